The third-order valence-corrected chi connectivity index (χ3v) is 5.15. The van der Waals surface area contributed by atoms with Crippen LogP contribution in [0, 0.1) is 0 Å². The summed E-state index contributed by atoms with van der Waals surface area (Å²) >= 11 is 1.50. The van der Waals surface area contributed by atoms with Crippen molar-refractivity contribution < 1.29 is 18.7 Å². The first-order chi connectivity index (χ1) is 13.6. The monoisotopic (exact) mass is 392 g/mol. The largest absolute Gasteiger partial charge is 0.497 e. The van der Waals surface area contributed by atoms with Crippen molar-refractivity contribution in [3.63, 3.8) is 0 Å². The van der Waals surface area contributed by atoms with Gasteiger partial charge in [-0.3, -0.25) is 9.59 Å². The zero-order valence-electron chi connectivity index (χ0n) is 15.0. The van der Waals surface area contributed by atoms with Crippen molar-refractivity contribution in [1.82, 2.24) is 0 Å². The predicted octanol–water partition coefficient (Wildman–Crippen LogP) is 4.68. The maximum Gasteiger partial charge on any atom is 0.316 e. The number of methoxy groups -OCH3 is 1. The van der Waals surface area contributed by atoms with Crippen LogP contribution in [0.5, 0.6) is 11.5 Å². The Labute approximate surface area is 164 Å². The van der Waals surface area contributed by atoms with Crippen molar-refractivity contribution in [3.05, 3.63) is 81.3 Å². The first-order valence-electron chi connectivity index (χ1n) is 8.57. The van der Waals surface area contributed by atoms with Crippen molar-refractivity contribution in [2.24, 2.45) is 0 Å². The zero-order chi connectivity index (χ0) is 19.5. The second kappa shape index (κ2) is 7.70. The highest BCUT2D eigenvalue weighted by Crippen LogP contribution is 2.25. The van der Waals surface area contributed by atoms with Crippen LogP contribution in [0.3, 0.4) is 0 Å². The van der Waals surface area contributed by atoms with E-state index in [1.807, 2.05) is 17.5 Å². The molecule has 4 aromatic rings. The highest BCUT2D eigenvalue weighted by atomic mass is 32.1. The van der Waals surface area contributed by atoms with Gasteiger partial charge in [0.2, 0.25) is 0 Å². The first-order valence-corrected chi connectivity index (χ1v) is 9.45. The molecule has 0 atom stereocenters. The van der Waals surface area contributed by atoms with Gasteiger partial charge in [0.05, 0.1) is 24.5 Å². The number of hydrogen-bond donors (Lipinski definition) is 0. The molecular weight excluding hydrogens is 376 g/mol. The molecule has 2 aromatic carbocycles. The number of ether oxygens (including phenoxy) is 2. The van der Waals surface area contributed by atoms with Crippen molar-refractivity contribution in [3.8, 4) is 22.6 Å². The summed E-state index contributed by atoms with van der Waals surface area (Å²) in [5.41, 5.74) is 1.41. The van der Waals surface area contributed by atoms with E-state index in [1.165, 1.54) is 17.6 Å². The van der Waals surface area contributed by atoms with Crippen molar-refractivity contribution >= 4 is 28.3 Å². The van der Waals surface area contributed by atoms with Crippen LogP contribution in [0.1, 0.15) is 4.88 Å². The predicted molar refractivity (Wildman–Crippen MR) is 108 cm³/mol. The van der Waals surface area contributed by atoms with Crippen LogP contribution in [0.15, 0.2) is 75.5 Å². The van der Waals surface area contributed by atoms with Crippen LogP contribution in [0.4, 0.5) is 0 Å². The summed E-state index contributed by atoms with van der Waals surface area (Å²) < 4.78 is 16.2. The molecule has 0 saturated carbocycles. The lowest BCUT2D eigenvalue weighted by atomic mass is 10.1. The van der Waals surface area contributed by atoms with E-state index in [0.717, 1.165) is 10.4 Å². The van der Waals surface area contributed by atoms with Gasteiger partial charge in [-0.25, -0.2) is 0 Å². The van der Waals surface area contributed by atoms with Gasteiger partial charge < -0.3 is 13.9 Å². The fourth-order valence-corrected chi connectivity index (χ4v) is 3.56. The average Bonchev–Trinajstić information content (AvgIpc) is 3.21. The molecule has 5 nitrogen and oxygen atoms in total. The Hall–Kier alpha value is -3.38. The summed E-state index contributed by atoms with van der Waals surface area (Å²) in [6.45, 7) is 0. The maximum atomic E-state index is 12.8. The Balaban J connectivity index is 1.60. The Kier molecular flexibility index (Phi) is 4.95. The number of benzene rings is 2. The van der Waals surface area contributed by atoms with Gasteiger partial charge in [0.15, 0.2) is 5.43 Å². The molecule has 0 bridgehead atoms. The smallest absolute Gasteiger partial charge is 0.316 e. The topological polar surface area (TPSA) is 65.7 Å². The first kappa shape index (κ1) is 18.0. The Morgan fingerprint density at radius 2 is 1.86 bits per heavy atom. The molecule has 0 saturated heterocycles. The summed E-state index contributed by atoms with van der Waals surface area (Å²) in [5.74, 6) is 0.691. The summed E-state index contributed by atoms with van der Waals surface area (Å²) in [5, 5.41) is 2.33. The minimum Gasteiger partial charge on any atom is -0.497 e. The Bertz CT molecular complexity index is 1170. The molecule has 0 aliphatic rings. The number of carbonyl (C=O) groups excluding carboxylic acids is 1. The summed E-state index contributed by atoms with van der Waals surface area (Å²) in [4.78, 5) is 25.8. The molecule has 6 heteroatoms. The molecule has 4 rings (SSSR count). The van der Waals surface area contributed by atoms with Gasteiger partial charge in [-0.05, 0) is 41.3 Å². The van der Waals surface area contributed by atoms with Crippen LogP contribution < -0.4 is 14.9 Å². The van der Waals surface area contributed by atoms with Gasteiger partial charge in [-0.15, -0.1) is 11.3 Å². The molecule has 0 N–H and O–H groups in total. The lowest BCUT2D eigenvalue weighted by Gasteiger charge is -2.06. The third kappa shape index (κ3) is 3.68. The van der Waals surface area contributed by atoms with Crippen molar-refractivity contribution in [1.29, 1.82) is 0 Å². The van der Waals surface area contributed by atoms with Crippen LogP contribution in [0.25, 0.3) is 22.1 Å². The summed E-state index contributed by atoms with van der Waals surface area (Å²) in [6, 6.07) is 15.7. The normalized spacial score (nSPS) is 10.8. The van der Waals surface area contributed by atoms with Gasteiger partial charge in [-0.2, -0.15) is 0 Å². The summed E-state index contributed by atoms with van der Waals surface area (Å²) in [7, 11) is 1.59. The molecule has 28 heavy (non-hydrogen) atoms. The van der Waals surface area contributed by atoms with E-state index in [4.69, 9.17) is 13.9 Å². The van der Waals surface area contributed by atoms with E-state index in [1.54, 1.807) is 49.6 Å². The van der Waals surface area contributed by atoms with E-state index < -0.39 is 0 Å². The van der Waals surface area contributed by atoms with E-state index in [0.29, 0.717) is 28.0 Å². The molecule has 0 aliphatic carbocycles. The van der Waals surface area contributed by atoms with Gasteiger partial charge >= 0.3 is 5.97 Å². The number of hydrogen-bond acceptors (Lipinski definition) is 6. The number of carbonyl (C=O) groups is 1. The minimum absolute atomic E-state index is 0.150. The van der Waals surface area contributed by atoms with Crippen LogP contribution in [-0.2, 0) is 11.2 Å². The van der Waals surface area contributed by atoms with Crippen molar-refractivity contribution in [2.75, 3.05) is 7.11 Å². The molecule has 0 aliphatic heterocycles. The second-order valence-corrected chi connectivity index (χ2v) is 7.13. The van der Waals surface area contributed by atoms with Crippen LogP contribution >= 0.6 is 11.3 Å². The standard InChI is InChI=1S/C22H16O5S/c1-25-15-6-4-14(5-7-15)19-13-26-20-11-16(8-9-18(20)22(19)24)27-21(23)12-17-3-2-10-28-17/h2-11,13H,12H2,1H3. The van der Waals surface area contributed by atoms with E-state index >= 15 is 0 Å². The number of fused-ring (bicyclic) bond motifs is 1. The van der Waals surface area contributed by atoms with Gasteiger partial charge in [0.1, 0.15) is 23.3 Å². The number of thiophene rings is 1. The molecule has 2 heterocycles. The fraction of sp³-hybridized carbons (Fsp3) is 0.0909. The van der Waals surface area contributed by atoms with E-state index in [2.05, 4.69) is 0 Å². The third-order valence-electron chi connectivity index (χ3n) is 4.28. The van der Waals surface area contributed by atoms with Gasteiger partial charge in [-0.1, -0.05) is 18.2 Å². The molecule has 0 unspecified atom stereocenters. The summed E-state index contributed by atoms with van der Waals surface area (Å²) in [6.07, 6.45) is 1.62. The molecule has 2 aromatic heterocycles. The molecule has 140 valence electrons. The number of rotatable bonds is 5. The lowest BCUT2D eigenvalue weighted by Crippen LogP contribution is -2.10. The SMILES string of the molecule is COc1ccc(-c2coc3cc(OC(=O)Cc4cccs4)ccc3c2=O)cc1. The maximum absolute atomic E-state index is 12.8. The Morgan fingerprint density at radius 1 is 1.07 bits per heavy atom. The molecule has 0 amide bonds. The van der Waals surface area contributed by atoms with E-state index in [-0.39, 0.29) is 17.8 Å². The second-order valence-electron chi connectivity index (χ2n) is 6.10. The lowest BCUT2D eigenvalue weighted by molar-refractivity contribution is -0.133. The highest BCUT2D eigenvalue weighted by molar-refractivity contribution is 7.10. The average molecular weight is 392 g/mol. The Morgan fingerprint density at radius 3 is 2.57 bits per heavy atom. The molecule has 0 fully saturated rings. The molecule has 0 spiro atoms. The van der Waals surface area contributed by atoms with Crippen molar-refractivity contribution in [2.45, 2.75) is 6.42 Å². The van der Waals surface area contributed by atoms with Crippen LogP contribution in [-0.4, -0.2) is 13.1 Å². The molecular formula is C22H16O5S. The van der Waals surface area contributed by atoms with E-state index in [9.17, 15) is 9.59 Å². The number of esters is 1. The minimum atomic E-state index is -0.362. The quantitative estimate of drug-likeness (QED) is 0.364. The van der Waals surface area contributed by atoms with Gasteiger partial charge in [0, 0.05) is 10.9 Å². The zero-order valence-corrected chi connectivity index (χ0v) is 15.8. The van der Waals surface area contributed by atoms with Gasteiger partial charge in [0.25, 0.3) is 0 Å². The van der Waals surface area contributed by atoms with Crippen LogP contribution in [0.2, 0.25) is 0 Å². The fourth-order valence-electron chi connectivity index (χ4n) is 2.86. The highest BCUT2D eigenvalue weighted by Gasteiger charge is 2.12. The molecule has 0 radical (unpaired) electrons.